The average Bonchev–Trinajstić information content (AvgIpc) is 2.01. The highest BCUT2D eigenvalue weighted by Crippen LogP contribution is 2.01. The predicted octanol–water partition coefficient (Wildman–Crippen LogP) is 0.162. The number of nitrogens with zero attached hydrogens (tertiary/aromatic N) is 1. The molecule has 0 atom stereocenters. The van der Waals surface area contributed by atoms with Crippen LogP contribution in [0.25, 0.3) is 6.08 Å². The van der Waals surface area contributed by atoms with Gasteiger partial charge in [-0.1, -0.05) is 6.07 Å². The first kappa shape index (κ1) is 8.26. The smallest absolute Gasteiger partial charge is 0.241 e. The molecule has 4 N–H and O–H groups in total. The molecule has 0 fully saturated rings. The van der Waals surface area contributed by atoms with Gasteiger partial charge in [0.15, 0.2) is 0 Å². The highest BCUT2D eigenvalue weighted by atomic mass is 16.1. The van der Waals surface area contributed by atoms with Crippen LogP contribution < -0.4 is 11.5 Å². The number of carbonyl (C=O) groups is 1. The predicted molar refractivity (Wildman–Crippen MR) is 46.9 cm³/mol. The Labute approximate surface area is 69.9 Å². The summed E-state index contributed by atoms with van der Waals surface area (Å²) in [6.45, 7) is 0. The molecule has 4 heteroatoms. The van der Waals surface area contributed by atoms with E-state index in [1.165, 1.54) is 12.2 Å². The highest BCUT2D eigenvalue weighted by molar-refractivity contribution is 5.89. The molecule has 0 unspecified atom stereocenters. The van der Waals surface area contributed by atoms with Crippen molar-refractivity contribution in [1.82, 2.24) is 4.98 Å². The maximum Gasteiger partial charge on any atom is 0.241 e. The summed E-state index contributed by atoms with van der Waals surface area (Å²) in [5.41, 5.74) is 10.9. The van der Waals surface area contributed by atoms with Crippen LogP contribution in [0, 0.1) is 0 Å². The maximum atomic E-state index is 10.3. The SMILES string of the molecule is NC(=O)C=Cc1cccc(N)n1. The lowest BCUT2D eigenvalue weighted by Gasteiger charge is -1.93. The number of hydrogen-bond acceptors (Lipinski definition) is 3. The quantitative estimate of drug-likeness (QED) is 0.609. The molecule has 0 saturated carbocycles. The van der Waals surface area contributed by atoms with Crippen LogP contribution in [0.2, 0.25) is 0 Å². The molecule has 1 rings (SSSR count). The number of nitrogen functional groups attached to an aromatic ring is 1. The molecule has 0 radical (unpaired) electrons. The topological polar surface area (TPSA) is 82.0 Å². The fourth-order valence-electron chi connectivity index (χ4n) is 0.729. The Morgan fingerprint density at radius 1 is 1.50 bits per heavy atom. The van der Waals surface area contributed by atoms with Crippen LogP contribution in [0.15, 0.2) is 24.3 Å². The van der Waals surface area contributed by atoms with Crippen molar-refractivity contribution in [2.45, 2.75) is 0 Å². The second-order valence-corrected chi connectivity index (χ2v) is 2.22. The van der Waals surface area contributed by atoms with E-state index in [-0.39, 0.29) is 0 Å². The summed E-state index contributed by atoms with van der Waals surface area (Å²) < 4.78 is 0. The Hall–Kier alpha value is -1.84. The van der Waals surface area contributed by atoms with Crippen molar-refractivity contribution in [3.05, 3.63) is 30.0 Å². The van der Waals surface area contributed by atoms with Gasteiger partial charge in [-0.3, -0.25) is 4.79 Å². The van der Waals surface area contributed by atoms with Crippen LogP contribution >= 0.6 is 0 Å². The molecular formula is C8H9N3O. The summed E-state index contributed by atoms with van der Waals surface area (Å²) in [5.74, 6) is -0.0826. The molecule has 0 spiro atoms. The molecule has 1 amide bonds. The second-order valence-electron chi connectivity index (χ2n) is 2.22. The standard InChI is InChI=1S/C8H9N3O/c9-7-3-1-2-6(11-7)4-5-8(10)12/h1-5H,(H2,9,11)(H2,10,12). The number of nitrogens with two attached hydrogens (primary N) is 2. The van der Waals surface area contributed by atoms with Gasteiger partial charge in [0.25, 0.3) is 0 Å². The van der Waals surface area contributed by atoms with Gasteiger partial charge in [-0.25, -0.2) is 4.98 Å². The fraction of sp³-hybridized carbons (Fsp3) is 0. The van der Waals surface area contributed by atoms with Crippen LogP contribution in [0.1, 0.15) is 5.69 Å². The van der Waals surface area contributed by atoms with E-state index in [1.807, 2.05) is 0 Å². The summed E-state index contributed by atoms with van der Waals surface area (Å²) in [6, 6.07) is 5.15. The minimum Gasteiger partial charge on any atom is -0.384 e. The van der Waals surface area contributed by atoms with E-state index in [4.69, 9.17) is 11.5 Å². The van der Waals surface area contributed by atoms with E-state index in [9.17, 15) is 4.79 Å². The number of primary amides is 1. The van der Waals surface area contributed by atoms with Gasteiger partial charge in [0.2, 0.25) is 5.91 Å². The molecule has 1 heterocycles. The van der Waals surface area contributed by atoms with Crippen LogP contribution in [0.5, 0.6) is 0 Å². The number of rotatable bonds is 2. The fourth-order valence-corrected chi connectivity index (χ4v) is 0.729. The number of pyridine rings is 1. The summed E-state index contributed by atoms with van der Waals surface area (Å²) in [4.78, 5) is 14.3. The van der Waals surface area contributed by atoms with Gasteiger partial charge in [0.05, 0.1) is 5.69 Å². The third kappa shape index (κ3) is 2.42. The Bertz CT molecular complexity index is 320. The Morgan fingerprint density at radius 2 is 2.25 bits per heavy atom. The second kappa shape index (κ2) is 3.52. The molecule has 62 valence electrons. The Morgan fingerprint density at radius 3 is 2.83 bits per heavy atom. The summed E-state index contributed by atoms with van der Waals surface area (Å²) in [5, 5.41) is 0. The maximum absolute atomic E-state index is 10.3. The zero-order chi connectivity index (χ0) is 8.97. The van der Waals surface area contributed by atoms with E-state index in [0.29, 0.717) is 11.5 Å². The number of anilines is 1. The number of amides is 1. The molecule has 0 aliphatic carbocycles. The van der Waals surface area contributed by atoms with Crippen LogP contribution in [0.4, 0.5) is 5.82 Å². The summed E-state index contributed by atoms with van der Waals surface area (Å²) in [6.07, 6.45) is 2.75. The van der Waals surface area contributed by atoms with Gasteiger partial charge < -0.3 is 11.5 Å². The van der Waals surface area contributed by atoms with Gasteiger partial charge in [0, 0.05) is 6.08 Å². The van der Waals surface area contributed by atoms with E-state index >= 15 is 0 Å². The zero-order valence-corrected chi connectivity index (χ0v) is 6.40. The lowest BCUT2D eigenvalue weighted by atomic mass is 10.3. The molecule has 0 bridgehead atoms. The summed E-state index contributed by atoms with van der Waals surface area (Å²) in [7, 11) is 0. The zero-order valence-electron chi connectivity index (χ0n) is 6.40. The largest absolute Gasteiger partial charge is 0.384 e. The lowest BCUT2D eigenvalue weighted by molar-refractivity contribution is -0.113. The van der Waals surface area contributed by atoms with Gasteiger partial charge in [-0.15, -0.1) is 0 Å². The summed E-state index contributed by atoms with van der Waals surface area (Å²) >= 11 is 0. The van der Waals surface area contributed by atoms with Crippen molar-refractivity contribution >= 4 is 17.8 Å². The molecular weight excluding hydrogens is 154 g/mol. The van der Waals surface area contributed by atoms with Crippen molar-refractivity contribution in [2.24, 2.45) is 5.73 Å². The number of aromatic nitrogens is 1. The normalized spacial score (nSPS) is 10.3. The van der Waals surface area contributed by atoms with Crippen molar-refractivity contribution in [2.75, 3.05) is 5.73 Å². The van der Waals surface area contributed by atoms with E-state index in [2.05, 4.69) is 4.98 Å². The van der Waals surface area contributed by atoms with E-state index < -0.39 is 5.91 Å². The minimum atomic E-state index is -0.501. The van der Waals surface area contributed by atoms with Gasteiger partial charge in [0.1, 0.15) is 5.82 Å². The Kier molecular flexibility index (Phi) is 2.42. The molecule has 12 heavy (non-hydrogen) atoms. The number of carbonyl (C=O) groups excluding carboxylic acids is 1. The van der Waals surface area contributed by atoms with Crippen molar-refractivity contribution < 1.29 is 4.79 Å². The third-order valence-electron chi connectivity index (χ3n) is 1.21. The third-order valence-corrected chi connectivity index (χ3v) is 1.21. The van der Waals surface area contributed by atoms with E-state index in [0.717, 1.165) is 0 Å². The van der Waals surface area contributed by atoms with Crippen molar-refractivity contribution in [1.29, 1.82) is 0 Å². The molecule has 1 aromatic rings. The minimum absolute atomic E-state index is 0.418. The molecule has 0 aliphatic heterocycles. The van der Waals surface area contributed by atoms with Crippen molar-refractivity contribution in [3.63, 3.8) is 0 Å². The van der Waals surface area contributed by atoms with Gasteiger partial charge in [-0.2, -0.15) is 0 Å². The molecule has 0 aromatic carbocycles. The van der Waals surface area contributed by atoms with Crippen LogP contribution in [0.3, 0.4) is 0 Å². The highest BCUT2D eigenvalue weighted by Gasteiger charge is 1.89. The van der Waals surface area contributed by atoms with Crippen LogP contribution in [-0.2, 0) is 4.79 Å². The first-order chi connectivity index (χ1) is 5.68. The van der Waals surface area contributed by atoms with E-state index in [1.54, 1.807) is 18.2 Å². The van der Waals surface area contributed by atoms with Gasteiger partial charge in [-0.05, 0) is 18.2 Å². The molecule has 0 saturated heterocycles. The molecule has 1 aromatic heterocycles. The Balaban J connectivity index is 2.83. The lowest BCUT2D eigenvalue weighted by Crippen LogP contribution is -2.05. The molecule has 4 nitrogen and oxygen atoms in total. The first-order valence-corrected chi connectivity index (χ1v) is 3.38. The van der Waals surface area contributed by atoms with Crippen molar-refractivity contribution in [3.8, 4) is 0 Å². The van der Waals surface area contributed by atoms with Gasteiger partial charge >= 0.3 is 0 Å². The number of hydrogen-bond donors (Lipinski definition) is 2. The molecule has 0 aliphatic rings. The van der Waals surface area contributed by atoms with Crippen LogP contribution in [-0.4, -0.2) is 10.9 Å². The average molecular weight is 163 g/mol. The monoisotopic (exact) mass is 163 g/mol. The first-order valence-electron chi connectivity index (χ1n) is 3.38.